The zero-order valence-corrected chi connectivity index (χ0v) is 20.1. The fourth-order valence-corrected chi connectivity index (χ4v) is 5.98. The first kappa shape index (κ1) is 20.3. The maximum absolute atomic E-state index is 6.89. The molecule has 1 heteroatoms. The Labute approximate surface area is 214 Å². The average molecular weight is 471 g/mol. The molecule has 1 heterocycles. The average Bonchev–Trinajstić information content (AvgIpc) is 3.36. The van der Waals surface area contributed by atoms with Gasteiger partial charge in [-0.05, 0) is 49.5 Å². The highest BCUT2D eigenvalue weighted by molar-refractivity contribution is 6.26. The molecule has 1 aromatic heterocycles. The van der Waals surface area contributed by atoms with Gasteiger partial charge < -0.3 is 4.42 Å². The number of rotatable bonds is 3. The molecule has 0 spiro atoms. The molecule has 0 unspecified atom stereocenters. The van der Waals surface area contributed by atoms with Crippen molar-refractivity contribution in [3.63, 3.8) is 0 Å². The molecule has 37 heavy (non-hydrogen) atoms. The first-order valence-corrected chi connectivity index (χ1v) is 12.7. The van der Waals surface area contributed by atoms with Crippen LogP contribution >= 0.6 is 0 Å². The van der Waals surface area contributed by atoms with Gasteiger partial charge in [-0.1, -0.05) is 127 Å². The van der Waals surface area contributed by atoms with Gasteiger partial charge in [0.2, 0.25) is 0 Å². The second kappa shape index (κ2) is 7.81. The number of fused-ring (bicyclic) bond motifs is 1. The molecule has 0 bridgehead atoms. The van der Waals surface area contributed by atoms with Crippen molar-refractivity contribution in [3.8, 4) is 33.8 Å². The van der Waals surface area contributed by atoms with E-state index in [-0.39, 0.29) is 0 Å². The van der Waals surface area contributed by atoms with Crippen LogP contribution in [-0.4, -0.2) is 0 Å². The van der Waals surface area contributed by atoms with Crippen LogP contribution in [0.2, 0.25) is 0 Å². The van der Waals surface area contributed by atoms with Crippen molar-refractivity contribution in [1.29, 1.82) is 0 Å². The van der Waals surface area contributed by atoms with E-state index in [0.29, 0.717) is 0 Å². The van der Waals surface area contributed by atoms with E-state index in [0.717, 1.165) is 33.4 Å². The van der Waals surface area contributed by atoms with Crippen molar-refractivity contribution in [2.45, 2.75) is 0 Å². The molecule has 0 fully saturated rings. The first-order chi connectivity index (χ1) is 18.4. The van der Waals surface area contributed by atoms with Crippen molar-refractivity contribution in [2.24, 2.45) is 0 Å². The van der Waals surface area contributed by atoms with Gasteiger partial charge in [0.1, 0.15) is 11.5 Å². The zero-order valence-electron chi connectivity index (χ0n) is 20.1. The van der Waals surface area contributed by atoms with Crippen molar-refractivity contribution in [3.05, 3.63) is 133 Å². The van der Waals surface area contributed by atoms with Gasteiger partial charge in [0.05, 0.1) is 0 Å². The largest absolute Gasteiger partial charge is 0.455 e. The summed E-state index contributed by atoms with van der Waals surface area (Å²) in [5, 5.41) is 9.92. The third-order valence-corrected chi connectivity index (χ3v) is 7.65. The highest BCUT2D eigenvalue weighted by Gasteiger charge is 2.21. The third kappa shape index (κ3) is 2.98. The van der Waals surface area contributed by atoms with E-state index in [9.17, 15) is 0 Å². The zero-order chi connectivity index (χ0) is 24.3. The summed E-state index contributed by atoms with van der Waals surface area (Å²) >= 11 is 0. The summed E-state index contributed by atoms with van der Waals surface area (Å²) in [5.74, 6) is 1.84. The molecule has 0 saturated carbocycles. The Morgan fingerprint density at radius 2 is 0.892 bits per heavy atom. The van der Waals surface area contributed by atoms with E-state index in [4.69, 9.17) is 4.42 Å². The minimum Gasteiger partial charge on any atom is -0.455 e. The highest BCUT2D eigenvalue weighted by Crippen LogP contribution is 2.46. The molecule has 0 aliphatic rings. The van der Waals surface area contributed by atoms with Crippen LogP contribution in [0.3, 0.4) is 0 Å². The van der Waals surface area contributed by atoms with Gasteiger partial charge in [-0.15, -0.1) is 0 Å². The van der Waals surface area contributed by atoms with E-state index in [1.54, 1.807) is 0 Å². The van der Waals surface area contributed by atoms with Crippen molar-refractivity contribution < 1.29 is 4.42 Å². The summed E-state index contributed by atoms with van der Waals surface area (Å²) in [5.41, 5.74) is 4.59. The van der Waals surface area contributed by atoms with Gasteiger partial charge in [0.15, 0.2) is 0 Å². The highest BCUT2D eigenvalue weighted by atomic mass is 16.3. The van der Waals surface area contributed by atoms with Crippen LogP contribution in [0, 0.1) is 0 Å². The van der Waals surface area contributed by atoms with E-state index < -0.39 is 0 Å². The Bertz CT molecular complexity index is 2060. The SMILES string of the molecule is c1ccc(-c2ccccc2-c2oc(-c3ccc4ccc5cccc6ccc3c4c56)c3ccccc23)cc1. The molecule has 0 radical (unpaired) electrons. The Hall–Kier alpha value is -4.88. The van der Waals surface area contributed by atoms with Gasteiger partial charge in [-0.2, -0.15) is 0 Å². The maximum Gasteiger partial charge on any atom is 0.143 e. The number of furan rings is 1. The van der Waals surface area contributed by atoms with Gasteiger partial charge in [0.25, 0.3) is 0 Å². The standard InChI is InChI=1S/C36H22O/c1-2-9-23(10-3-1)27-13-4-5-14-29(27)35-30-15-6-7-16-31(30)36(37-35)32-22-20-26-18-17-24-11-8-12-25-19-21-28(32)34(26)33(24)25/h1-22H. The maximum atomic E-state index is 6.89. The fraction of sp³-hybridized carbons (Fsp3) is 0. The summed E-state index contributed by atoms with van der Waals surface area (Å²) in [6.07, 6.45) is 0. The Balaban J connectivity index is 1.44. The number of benzene rings is 7. The molecular formula is C36H22O. The van der Waals surface area contributed by atoms with Crippen LogP contribution in [0.5, 0.6) is 0 Å². The summed E-state index contributed by atoms with van der Waals surface area (Å²) in [6.45, 7) is 0. The van der Waals surface area contributed by atoms with Crippen LogP contribution in [0.4, 0.5) is 0 Å². The van der Waals surface area contributed by atoms with Crippen LogP contribution in [0.15, 0.2) is 138 Å². The third-order valence-electron chi connectivity index (χ3n) is 7.65. The number of hydrogen-bond donors (Lipinski definition) is 0. The summed E-state index contributed by atoms with van der Waals surface area (Å²) in [4.78, 5) is 0. The van der Waals surface area contributed by atoms with Gasteiger partial charge >= 0.3 is 0 Å². The molecule has 0 saturated heterocycles. The molecule has 8 rings (SSSR count). The molecule has 8 aromatic rings. The van der Waals surface area contributed by atoms with Crippen LogP contribution in [0.25, 0.3) is 76.9 Å². The molecular weight excluding hydrogens is 448 g/mol. The minimum absolute atomic E-state index is 0.913. The van der Waals surface area contributed by atoms with E-state index in [1.807, 2.05) is 0 Å². The van der Waals surface area contributed by atoms with Gasteiger partial charge in [-0.3, -0.25) is 0 Å². The Morgan fingerprint density at radius 1 is 0.324 bits per heavy atom. The Kier molecular flexibility index (Phi) is 4.29. The smallest absolute Gasteiger partial charge is 0.143 e. The summed E-state index contributed by atoms with van der Waals surface area (Å²) < 4.78 is 6.89. The topological polar surface area (TPSA) is 13.1 Å². The number of hydrogen-bond acceptors (Lipinski definition) is 1. The van der Waals surface area contributed by atoms with Crippen molar-refractivity contribution >= 4 is 43.1 Å². The van der Waals surface area contributed by atoms with E-state index in [1.165, 1.54) is 43.4 Å². The molecule has 0 atom stereocenters. The van der Waals surface area contributed by atoms with Crippen LogP contribution < -0.4 is 0 Å². The molecule has 0 aliphatic carbocycles. The van der Waals surface area contributed by atoms with Crippen LogP contribution in [-0.2, 0) is 0 Å². The molecule has 0 aliphatic heterocycles. The predicted octanol–water partition coefficient (Wildman–Crippen LogP) is 10.3. The molecule has 7 aromatic carbocycles. The van der Waals surface area contributed by atoms with Crippen molar-refractivity contribution in [2.75, 3.05) is 0 Å². The van der Waals surface area contributed by atoms with E-state index in [2.05, 4.69) is 133 Å². The lowest BCUT2D eigenvalue weighted by Crippen LogP contribution is -1.86. The van der Waals surface area contributed by atoms with Gasteiger partial charge in [-0.25, -0.2) is 0 Å². The molecule has 172 valence electrons. The molecule has 0 amide bonds. The van der Waals surface area contributed by atoms with Gasteiger partial charge in [0, 0.05) is 21.9 Å². The normalized spacial score (nSPS) is 11.8. The second-order valence-electron chi connectivity index (χ2n) is 9.69. The molecule has 1 nitrogen and oxygen atoms in total. The minimum atomic E-state index is 0.913. The summed E-state index contributed by atoms with van der Waals surface area (Å²) in [7, 11) is 0. The van der Waals surface area contributed by atoms with E-state index >= 15 is 0 Å². The first-order valence-electron chi connectivity index (χ1n) is 12.7. The lowest BCUT2D eigenvalue weighted by molar-refractivity contribution is 0.603. The summed E-state index contributed by atoms with van der Waals surface area (Å²) in [6, 6.07) is 47.6. The van der Waals surface area contributed by atoms with Crippen LogP contribution in [0.1, 0.15) is 0 Å². The fourth-order valence-electron chi connectivity index (χ4n) is 5.98. The Morgan fingerprint density at radius 3 is 1.65 bits per heavy atom. The lowest BCUT2D eigenvalue weighted by atomic mass is 9.91. The quantitative estimate of drug-likeness (QED) is 0.234. The molecule has 0 N–H and O–H groups in total. The van der Waals surface area contributed by atoms with Crippen molar-refractivity contribution in [1.82, 2.24) is 0 Å². The second-order valence-corrected chi connectivity index (χ2v) is 9.69. The predicted molar refractivity (Wildman–Crippen MR) is 156 cm³/mol. The monoisotopic (exact) mass is 470 g/mol. The lowest BCUT2D eigenvalue weighted by Gasteiger charge is -2.13.